The van der Waals surface area contributed by atoms with Crippen molar-refractivity contribution in [2.45, 2.75) is 52.4 Å². The number of hydrogen-bond acceptors (Lipinski definition) is 1. The lowest BCUT2D eigenvalue weighted by molar-refractivity contribution is 0.462. The summed E-state index contributed by atoms with van der Waals surface area (Å²) in [5, 5.41) is 10.7. The van der Waals surface area contributed by atoms with Crippen LogP contribution >= 0.6 is 11.6 Å². The molecule has 0 unspecified atom stereocenters. The van der Waals surface area contributed by atoms with Crippen LogP contribution in [-0.4, -0.2) is 5.11 Å². The molecule has 1 N–H and O–H groups in total. The van der Waals surface area contributed by atoms with Crippen LogP contribution in [0.25, 0.3) is 0 Å². The summed E-state index contributed by atoms with van der Waals surface area (Å²) in [6, 6.07) is 3.72. The normalized spacial score (nSPS) is 11.8. The zero-order chi connectivity index (χ0) is 12.3. The minimum atomic E-state index is -0.0299. The monoisotopic (exact) mass is 240 g/mol. The summed E-state index contributed by atoms with van der Waals surface area (Å²) < 4.78 is 0. The lowest BCUT2D eigenvalue weighted by atomic mass is 9.86. The highest BCUT2D eigenvalue weighted by Crippen LogP contribution is 2.34. The number of benzene rings is 1. The van der Waals surface area contributed by atoms with Gasteiger partial charge < -0.3 is 5.11 Å². The van der Waals surface area contributed by atoms with E-state index in [1.54, 1.807) is 0 Å². The molecular weight excluding hydrogens is 220 g/mol. The number of halogens is 1. The third-order valence-corrected chi connectivity index (χ3v) is 3.09. The van der Waals surface area contributed by atoms with Crippen LogP contribution in [0.3, 0.4) is 0 Å². The van der Waals surface area contributed by atoms with Crippen LogP contribution in [0, 0.1) is 0 Å². The van der Waals surface area contributed by atoms with Gasteiger partial charge in [0.2, 0.25) is 0 Å². The van der Waals surface area contributed by atoms with Crippen molar-refractivity contribution in [2.75, 3.05) is 0 Å². The number of aromatic hydroxyl groups is 1. The lowest BCUT2D eigenvalue weighted by Gasteiger charge is -2.21. The largest absolute Gasteiger partial charge is 0.508 e. The van der Waals surface area contributed by atoms with E-state index in [1.807, 2.05) is 12.1 Å². The fraction of sp³-hybridized carbons (Fsp3) is 0.571. The Bertz CT molecular complexity index is 364. The maximum absolute atomic E-state index is 9.95. The van der Waals surface area contributed by atoms with Gasteiger partial charge in [0.25, 0.3) is 0 Å². The van der Waals surface area contributed by atoms with E-state index in [9.17, 15) is 5.11 Å². The number of unbranched alkanes of at least 4 members (excludes halogenated alkanes) is 1. The van der Waals surface area contributed by atoms with E-state index >= 15 is 0 Å². The third-order valence-electron chi connectivity index (χ3n) is 2.78. The van der Waals surface area contributed by atoms with E-state index in [2.05, 4.69) is 27.7 Å². The van der Waals surface area contributed by atoms with Gasteiger partial charge in [-0.15, -0.1) is 0 Å². The van der Waals surface area contributed by atoms with Crippen molar-refractivity contribution >= 4 is 11.6 Å². The minimum Gasteiger partial charge on any atom is -0.508 e. The summed E-state index contributed by atoms with van der Waals surface area (Å²) in [5.41, 5.74) is 1.93. The molecule has 1 nitrogen and oxygen atoms in total. The molecule has 0 saturated heterocycles. The van der Waals surface area contributed by atoms with E-state index < -0.39 is 0 Å². The molecule has 0 atom stereocenters. The van der Waals surface area contributed by atoms with Crippen LogP contribution in [-0.2, 0) is 11.8 Å². The molecule has 0 radical (unpaired) electrons. The number of aryl methyl sites for hydroxylation is 1. The molecule has 0 heterocycles. The average molecular weight is 241 g/mol. The zero-order valence-electron chi connectivity index (χ0n) is 10.6. The summed E-state index contributed by atoms with van der Waals surface area (Å²) >= 11 is 6.25. The summed E-state index contributed by atoms with van der Waals surface area (Å²) in [7, 11) is 0. The Morgan fingerprint density at radius 3 is 2.38 bits per heavy atom. The van der Waals surface area contributed by atoms with Gasteiger partial charge in [0, 0.05) is 5.02 Å². The highest BCUT2D eigenvalue weighted by atomic mass is 35.5. The van der Waals surface area contributed by atoms with Crippen LogP contribution in [0.4, 0.5) is 0 Å². The third kappa shape index (κ3) is 3.15. The quantitative estimate of drug-likeness (QED) is 0.813. The Kier molecular flexibility index (Phi) is 4.26. The van der Waals surface area contributed by atoms with E-state index in [0.717, 1.165) is 35.4 Å². The highest BCUT2D eigenvalue weighted by molar-refractivity contribution is 6.31. The van der Waals surface area contributed by atoms with Crippen molar-refractivity contribution < 1.29 is 5.11 Å². The maximum Gasteiger partial charge on any atom is 0.119 e. The molecule has 0 aliphatic rings. The molecule has 0 spiro atoms. The Labute approximate surface area is 103 Å². The highest BCUT2D eigenvalue weighted by Gasteiger charge is 2.19. The molecule has 0 bridgehead atoms. The van der Waals surface area contributed by atoms with Gasteiger partial charge in [-0.1, -0.05) is 45.7 Å². The Morgan fingerprint density at radius 1 is 1.25 bits per heavy atom. The fourth-order valence-corrected chi connectivity index (χ4v) is 2.21. The molecule has 0 saturated carbocycles. The number of phenols is 1. The second-order valence-corrected chi connectivity index (χ2v) is 5.72. The first kappa shape index (κ1) is 13.4. The fourth-order valence-electron chi connectivity index (χ4n) is 1.75. The van der Waals surface area contributed by atoms with Crippen molar-refractivity contribution in [3.63, 3.8) is 0 Å². The average Bonchev–Trinajstić information content (AvgIpc) is 2.17. The summed E-state index contributed by atoms with van der Waals surface area (Å²) in [6.07, 6.45) is 3.10. The SMILES string of the molecule is CCCCc1cc(Cl)c(C(C)(C)C)cc1O. The molecule has 90 valence electrons. The molecule has 0 aliphatic carbocycles. The molecule has 0 aliphatic heterocycles. The van der Waals surface area contributed by atoms with Gasteiger partial charge in [0.1, 0.15) is 5.75 Å². The van der Waals surface area contributed by atoms with Gasteiger partial charge in [-0.05, 0) is 41.5 Å². The van der Waals surface area contributed by atoms with Crippen LogP contribution in [0.2, 0.25) is 5.02 Å². The molecule has 1 rings (SSSR count). The summed E-state index contributed by atoms with van der Waals surface area (Å²) in [4.78, 5) is 0. The Morgan fingerprint density at radius 2 is 1.88 bits per heavy atom. The van der Waals surface area contributed by atoms with Crippen molar-refractivity contribution in [1.82, 2.24) is 0 Å². The molecule has 0 aromatic heterocycles. The number of phenolic OH excluding ortho intramolecular Hbond substituents is 1. The summed E-state index contributed by atoms with van der Waals surface area (Å²) in [6.45, 7) is 8.43. The van der Waals surface area contributed by atoms with Crippen molar-refractivity contribution in [2.24, 2.45) is 0 Å². The standard InChI is InChI=1S/C14H21ClO/c1-5-6-7-10-8-12(15)11(9-13(10)16)14(2,3)4/h8-9,16H,5-7H2,1-4H3. The molecular formula is C14H21ClO. The van der Waals surface area contributed by atoms with E-state index in [4.69, 9.17) is 11.6 Å². The predicted octanol–water partition coefficient (Wildman–Crippen LogP) is 4.69. The Balaban J connectivity index is 3.07. The Hall–Kier alpha value is -0.690. The number of rotatable bonds is 3. The molecule has 16 heavy (non-hydrogen) atoms. The molecule has 1 aromatic carbocycles. The van der Waals surface area contributed by atoms with Crippen LogP contribution in [0.1, 0.15) is 51.7 Å². The first-order valence-electron chi connectivity index (χ1n) is 5.88. The molecule has 2 heteroatoms. The van der Waals surface area contributed by atoms with Gasteiger partial charge in [0.05, 0.1) is 0 Å². The molecule has 0 amide bonds. The van der Waals surface area contributed by atoms with Crippen molar-refractivity contribution in [1.29, 1.82) is 0 Å². The van der Waals surface area contributed by atoms with Crippen LogP contribution < -0.4 is 0 Å². The van der Waals surface area contributed by atoms with E-state index in [1.165, 1.54) is 0 Å². The van der Waals surface area contributed by atoms with Gasteiger partial charge in [-0.3, -0.25) is 0 Å². The van der Waals surface area contributed by atoms with Gasteiger partial charge in [-0.2, -0.15) is 0 Å². The minimum absolute atomic E-state index is 0.0299. The zero-order valence-corrected chi connectivity index (χ0v) is 11.4. The second kappa shape index (κ2) is 5.09. The molecule has 0 fully saturated rings. The van der Waals surface area contributed by atoms with Crippen LogP contribution in [0.5, 0.6) is 5.75 Å². The van der Waals surface area contributed by atoms with Gasteiger partial charge in [-0.25, -0.2) is 0 Å². The second-order valence-electron chi connectivity index (χ2n) is 5.31. The topological polar surface area (TPSA) is 20.2 Å². The lowest BCUT2D eigenvalue weighted by Crippen LogP contribution is -2.12. The smallest absolute Gasteiger partial charge is 0.119 e. The number of hydrogen-bond donors (Lipinski definition) is 1. The molecule has 1 aromatic rings. The predicted molar refractivity (Wildman–Crippen MR) is 70.4 cm³/mol. The van der Waals surface area contributed by atoms with Gasteiger partial charge >= 0.3 is 0 Å². The van der Waals surface area contributed by atoms with Gasteiger partial charge in [0.15, 0.2) is 0 Å². The van der Waals surface area contributed by atoms with E-state index in [-0.39, 0.29) is 5.41 Å². The maximum atomic E-state index is 9.95. The van der Waals surface area contributed by atoms with Crippen molar-refractivity contribution in [3.8, 4) is 5.75 Å². The summed E-state index contributed by atoms with van der Waals surface area (Å²) in [5.74, 6) is 0.378. The van der Waals surface area contributed by atoms with Crippen LogP contribution in [0.15, 0.2) is 12.1 Å². The first-order valence-corrected chi connectivity index (χ1v) is 6.26. The van der Waals surface area contributed by atoms with Crippen molar-refractivity contribution in [3.05, 3.63) is 28.3 Å². The first-order chi connectivity index (χ1) is 7.36. The van der Waals surface area contributed by atoms with E-state index in [0.29, 0.717) is 5.75 Å².